The van der Waals surface area contributed by atoms with Crippen LogP contribution >= 0.6 is 0 Å². The lowest BCUT2D eigenvalue weighted by molar-refractivity contribution is 0.0997. The van der Waals surface area contributed by atoms with Crippen LogP contribution in [0.4, 0.5) is 0 Å². The summed E-state index contributed by atoms with van der Waals surface area (Å²) >= 11 is 0. The zero-order chi connectivity index (χ0) is 18.3. The summed E-state index contributed by atoms with van der Waals surface area (Å²) in [4.78, 5) is 25.6. The molecule has 126 valence electrons. The quantitative estimate of drug-likeness (QED) is 0.684. The first-order valence-electron chi connectivity index (χ1n) is 8.08. The second kappa shape index (κ2) is 6.01. The third kappa shape index (κ3) is 2.40. The van der Waals surface area contributed by atoms with Crippen LogP contribution in [0.5, 0.6) is 11.5 Å². The fourth-order valence-electron chi connectivity index (χ4n) is 3.20. The monoisotopic (exact) mass is 342 g/mol. The van der Waals surface area contributed by atoms with E-state index in [1.54, 1.807) is 48.5 Å². The Labute approximate surface area is 149 Å². The second-order valence-electron chi connectivity index (χ2n) is 6.03. The van der Waals surface area contributed by atoms with E-state index in [-0.39, 0.29) is 28.2 Å². The molecule has 0 aromatic heterocycles. The van der Waals surface area contributed by atoms with Gasteiger partial charge in [0, 0.05) is 11.1 Å². The molecule has 3 aromatic rings. The van der Waals surface area contributed by atoms with Crippen LogP contribution in [0.3, 0.4) is 0 Å². The summed E-state index contributed by atoms with van der Waals surface area (Å²) in [5.74, 6) is -1.62. The first-order chi connectivity index (χ1) is 12.6. The molecule has 0 radical (unpaired) electrons. The first kappa shape index (κ1) is 15.8. The number of phenolic OH excluding ortho intramolecular Hbond substituents is 2. The molecule has 2 N–H and O–H groups in total. The number of carbonyl (C=O) groups excluding carboxylic acids is 2. The highest BCUT2D eigenvalue weighted by molar-refractivity contribution is 6.40. The molecule has 4 nitrogen and oxygen atoms in total. The van der Waals surface area contributed by atoms with Crippen LogP contribution in [0.1, 0.15) is 26.3 Å². The summed E-state index contributed by atoms with van der Waals surface area (Å²) in [6.45, 7) is 0. The summed E-state index contributed by atoms with van der Waals surface area (Å²) in [6.07, 6.45) is 1.22. The number of carbonyl (C=O) groups is 2. The van der Waals surface area contributed by atoms with Crippen molar-refractivity contribution >= 4 is 17.1 Å². The van der Waals surface area contributed by atoms with Gasteiger partial charge < -0.3 is 10.2 Å². The molecule has 0 saturated heterocycles. The molecule has 0 unspecified atom stereocenters. The van der Waals surface area contributed by atoms with Gasteiger partial charge in [-0.15, -0.1) is 0 Å². The topological polar surface area (TPSA) is 74.6 Å². The van der Waals surface area contributed by atoms with Crippen molar-refractivity contribution in [3.05, 3.63) is 89.5 Å². The van der Waals surface area contributed by atoms with Gasteiger partial charge in [0.2, 0.25) is 0 Å². The lowest BCUT2D eigenvalue weighted by Gasteiger charge is -2.19. The van der Waals surface area contributed by atoms with E-state index in [4.69, 9.17) is 0 Å². The number of benzene rings is 3. The molecule has 0 bridgehead atoms. The van der Waals surface area contributed by atoms with Crippen molar-refractivity contribution in [2.75, 3.05) is 0 Å². The lowest BCUT2D eigenvalue weighted by Crippen LogP contribution is -2.17. The van der Waals surface area contributed by atoms with E-state index in [0.29, 0.717) is 16.7 Å². The zero-order valence-electron chi connectivity index (χ0n) is 13.6. The molecule has 4 heteroatoms. The van der Waals surface area contributed by atoms with Gasteiger partial charge in [-0.25, -0.2) is 0 Å². The Morgan fingerprint density at radius 1 is 0.692 bits per heavy atom. The van der Waals surface area contributed by atoms with E-state index in [1.165, 1.54) is 12.1 Å². The van der Waals surface area contributed by atoms with E-state index < -0.39 is 11.6 Å². The third-order valence-corrected chi connectivity index (χ3v) is 4.44. The van der Waals surface area contributed by atoms with Gasteiger partial charge in [-0.05, 0) is 23.3 Å². The molecule has 0 aliphatic heterocycles. The minimum absolute atomic E-state index is 0.159. The van der Waals surface area contributed by atoms with Crippen molar-refractivity contribution in [1.82, 2.24) is 0 Å². The number of hydrogen-bond acceptors (Lipinski definition) is 4. The normalized spacial score (nSPS) is 13.3. The molecule has 1 aliphatic rings. The van der Waals surface area contributed by atoms with Crippen LogP contribution in [0, 0.1) is 0 Å². The minimum Gasteiger partial charge on any atom is -0.507 e. The smallest absolute Gasteiger partial charge is 0.198 e. The van der Waals surface area contributed by atoms with E-state index in [1.807, 2.05) is 12.1 Å². The highest BCUT2D eigenvalue weighted by Gasteiger charge is 2.33. The Kier molecular flexibility index (Phi) is 3.66. The number of hydrogen-bond donors (Lipinski definition) is 2. The molecule has 0 atom stereocenters. The average Bonchev–Trinajstić information content (AvgIpc) is 2.67. The number of rotatable bonds is 2. The number of ketones is 2. The largest absolute Gasteiger partial charge is 0.507 e. The summed E-state index contributed by atoms with van der Waals surface area (Å²) in [5, 5.41) is 21.1. The Hall–Kier alpha value is -3.66. The highest BCUT2D eigenvalue weighted by atomic mass is 16.3. The molecule has 0 spiro atoms. The van der Waals surface area contributed by atoms with E-state index >= 15 is 0 Å². The number of fused-ring (bicyclic) bond motifs is 1. The number of aromatic hydroxyl groups is 2. The van der Waals surface area contributed by atoms with Crippen molar-refractivity contribution in [3.8, 4) is 22.6 Å². The summed E-state index contributed by atoms with van der Waals surface area (Å²) in [5.41, 5.74) is 1.41. The van der Waals surface area contributed by atoms with Gasteiger partial charge in [0.05, 0.1) is 11.1 Å². The van der Waals surface area contributed by atoms with Crippen LogP contribution in [0.25, 0.3) is 16.7 Å². The summed E-state index contributed by atoms with van der Waals surface area (Å²) < 4.78 is 0. The number of allylic oxidation sites excluding steroid dienone is 2. The fourth-order valence-corrected chi connectivity index (χ4v) is 3.20. The number of Topliss-reactive ketones (excluding diaryl/α,β-unsaturated/α-hetero) is 1. The van der Waals surface area contributed by atoms with E-state index in [2.05, 4.69) is 0 Å². The molecule has 0 heterocycles. The van der Waals surface area contributed by atoms with Crippen LogP contribution in [-0.4, -0.2) is 21.8 Å². The standard InChI is InChI=1S/C22H14O4/c23-17-11-15(13-7-3-1-4-8-13)21(25)19-18(24)12-16(22(26)20(17)19)14-9-5-2-6-10-14/h1-12,23,25H. The van der Waals surface area contributed by atoms with Crippen LogP contribution in [-0.2, 0) is 0 Å². The maximum atomic E-state index is 12.9. The van der Waals surface area contributed by atoms with Crippen molar-refractivity contribution in [2.45, 2.75) is 0 Å². The molecule has 0 fully saturated rings. The number of phenols is 2. The molecule has 0 amide bonds. The third-order valence-electron chi connectivity index (χ3n) is 4.44. The SMILES string of the molecule is O=C1C(c2ccccc2)=CC(=O)c2c(O)c(-c3ccccc3)cc(O)c21. The van der Waals surface area contributed by atoms with Gasteiger partial charge >= 0.3 is 0 Å². The van der Waals surface area contributed by atoms with E-state index in [0.717, 1.165) is 0 Å². The Bertz CT molecular complexity index is 1060. The Balaban J connectivity index is 1.93. The fraction of sp³-hybridized carbons (Fsp3) is 0. The van der Waals surface area contributed by atoms with E-state index in [9.17, 15) is 19.8 Å². The maximum Gasteiger partial charge on any atom is 0.198 e. The second-order valence-corrected chi connectivity index (χ2v) is 6.03. The van der Waals surface area contributed by atoms with Crippen molar-refractivity contribution < 1.29 is 19.8 Å². The minimum atomic E-state index is -0.510. The van der Waals surface area contributed by atoms with Crippen LogP contribution in [0.15, 0.2) is 72.8 Å². The summed E-state index contributed by atoms with van der Waals surface area (Å²) in [7, 11) is 0. The Morgan fingerprint density at radius 2 is 1.27 bits per heavy atom. The van der Waals surface area contributed by atoms with Crippen molar-refractivity contribution in [2.24, 2.45) is 0 Å². The molecular weight excluding hydrogens is 328 g/mol. The molecule has 3 aromatic carbocycles. The molecule has 1 aliphatic carbocycles. The predicted molar refractivity (Wildman–Crippen MR) is 98.3 cm³/mol. The van der Waals surface area contributed by atoms with Gasteiger partial charge in [-0.3, -0.25) is 9.59 Å². The van der Waals surface area contributed by atoms with Gasteiger partial charge in [-0.2, -0.15) is 0 Å². The lowest BCUT2D eigenvalue weighted by atomic mass is 9.83. The van der Waals surface area contributed by atoms with Gasteiger partial charge in [0.25, 0.3) is 0 Å². The Morgan fingerprint density at radius 3 is 1.88 bits per heavy atom. The zero-order valence-corrected chi connectivity index (χ0v) is 13.6. The van der Waals surface area contributed by atoms with Gasteiger partial charge in [-0.1, -0.05) is 60.7 Å². The van der Waals surface area contributed by atoms with Gasteiger partial charge in [0.15, 0.2) is 11.6 Å². The molecule has 26 heavy (non-hydrogen) atoms. The molecule has 4 rings (SSSR count). The highest BCUT2D eigenvalue weighted by Crippen LogP contribution is 2.43. The van der Waals surface area contributed by atoms with Crippen molar-refractivity contribution in [3.63, 3.8) is 0 Å². The first-order valence-corrected chi connectivity index (χ1v) is 8.08. The van der Waals surface area contributed by atoms with Crippen LogP contribution in [0.2, 0.25) is 0 Å². The molecule has 0 saturated carbocycles. The average molecular weight is 342 g/mol. The molecular formula is C22H14O4. The maximum absolute atomic E-state index is 12.9. The van der Waals surface area contributed by atoms with Crippen LogP contribution < -0.4 is 0 Å². The van der Waals surface area contributed by atoms with Crippen molar-refractivity contribution in [1.29, 1.82) is 0 Å². The summed E-state index contributed by atoms with van der Waals surface area (Å²) in [6, 6.07) is 19.0. The predicted octanol–water partition coefficient (Wildman–Crippen LogP) is 4.23. The van der Waals surface area contributed by atoms with Gasteiger partial charge in [0.1, 0.15) is 11.5 Å².